The number of carbonyl (C=O) groups excluding carboxylic acids is 3. The van der Waals surface area contributed by atoms with Gasteiger partial charge in [-0.05, 0) is 36.4 Å². The largest absolute Gasteiger partial charge is 0.312 e. The van der Waals surface area contributed by atoms with Crippen molar-refractivity contribution in [3.05, 3.63) is 65.7 Å². The first-order chi connectivity index (χ1) is 12.5. The first kappa shape index (κ1) is 17.5. The van der Waals surface area contributed by atoms with Crippen molar-refractivity contribution in [3.63, 3.8) is 0 Å². The Hall–Kier alpha value is -3.29. The van der Waals surface area contributed by atoms with Crippen molar-refractivity contribution in [1.82, 2.24) is 10.9 Å². The molecule has 0 spiro atoms. The summed E-state index contributed by atoms with van der Waals surface area (Å²) in [5, 5.41) is 0. The second kappa shape index (κ2) is 7.30. The molecule has 1 heterocycles. The van der Waals surface area contributed by atoms with Crippen molar-refractivity contribution in [3.8, 4) is 0 Å². The van der Waals surface area contributed by atoms with Gasteiger partial charge in [-0.2, -0.15) is 0 Å². The summed E-state index contributed by atoms with van der Waals surface area (Å²) < 4.78 is 26.5. The van der Waals surface area contributed by atoms with Gasteiger partial charge in [0.25, 0.3) is 5.91 Å². The van der Waals surface area contributed by atoms with Gasteiger partial charge in [0.1, 0.15) is 11.6 Å². The molecule has 8 heteroatoms. The second-order valence-electron chi connectivity index (χ2n) is 5.81. The highest BCUT2D eigenvalue weighted by atomic mass is 19.1. The molecule has 26 heavy (non-hydrogen) atoms. The zero-order chi connectivity index (χ0) is 18.7. The van der Waals surface area contributed by atoms with E-state index in [0.717, 1.165) is 6.07 Å². The average molecular weight is 359 g/mol. The number of benzene rings is 2. The fourth-order valence-corrected chi connectivity index (χ4v) is 2.69. The van der Waals surface area contributed by atoms with Crippen molar-refractivity contribution in [2.24, 2.45) is 5.92 Å². The number of hydrogen-bond donors (Lipinski definition) is 2. The fourth-order valence-electron chi connectivity index (χ4n) is 2.69. The van der Waals surface area contributed by atoms with Crippen molar-refractivity contribution in [2.45, 2.75) is 6.42 Å². The average Bonchev–Trinajstić information content (AvgIpc) is 3.02. The summed E-state index contributed by atoms with van der Waals surface area (Å²) in [7, 11) is 0. The minimum absolute atomic E-state index is 0.0429. The van der Waals surface area contributed by atoms with E-state index in [0.29, 0.717) is 5.69 Å². The number of rotatable bonds is 3. The number of carbonyl (C=O) groups is 3. The Morgan fingerprint density at radius 2 is 1.69 bits per heavy atom. The minimum atomic E-state index is -0.795. The number of halogens is 2. The molecule has 1 fully saturated rings. The number of hydrogen-bond acceptors (Lipinski definition) is 3. The maximum Gasteiger partial charge on any atom is 0.272 e. The summed E-state index contributed by atoms with van der Waals surface area (Å²) in [6.07, 6.45) is -0.0429. The van der Waals surface area contributed by atoms with Crippen molar-refractivity contribution < 1.29 is 23.2 Å². The van der Waals surface area contributed by atoms with Crippen molar-refractivity contribution in [1.29, 1.82) is 0 Å². The maximum atomic E-state index is 13.5. The summed E-state index contributed by atoms with van der Waals surface area (Å²) in [5.41, 5.74) is 4.63. The van der Waals surface area contributed by atoms with Crippen LogP contribution in [0.3, 0.4) is 0 Å². The van der Waals surface area contributed by atoms with Gasteiger partial charge in [0.15, 0.2) is 0 Å². The fraction of sp³-hybridized carbons (Fsp3) is 0.167. The zero-order valence-corrected chi connectivity index (χ0v) is 13.5. The summed E-state index contributed by atoms with van der Waals surface area (Å²) in [6, 6.07) is 10.7. The minimum Gasteiger partial charge on any atom is -0.312 e. The highest BCUT2D eigenvalue weighted by Crippen LogP contribution is 2.25. The third-order valence-corrected chi connectivity index (χ3v) is 4.05. The van der Waals surface area contributed by atoms with Crippen LogP contribution < -0.4 is 15.8 Å². The Morgan fingerprint density at radius 1 is 1.00 bits per heavy atom. The van der Waals surface area contributed by atoms with Crippen LogP contribution >= 0.6 is 0 Å². The van der Waals surface area contributed by atoms with Gasteiger partial charge in [-0.1, -0.05) is 12.1 Å². The third kappa shape index (κ3) is 3.69. The number of hydrazine groups is 1. The highest BCUT2D eigenvalue weighted by Gasteiger charge is 2.35. The van der Waals surface area contributed by atoms with Crippen LogP contribution in [-0.4, -0.2) is 24.3 Å². The molecule has 0 saturated carbocycles. The number of nitrogens with one attached hydrogen (secondary N) is 2. The van der Waals surface area contributed by atoms with Gasteiger partial charge in [0.05, 0.1) is 11.5 Å². The third-order valence-electron chi connectivity index (χ3n) is 4.05. The van der Waals surface area contributed by atoms with E-state index in [4.69, 9.17) is 0 Å². The lowest BCUT2D eigenvalue weighted by Crippen LogP contribution is -2.45. The van der Waals surface area contributed by atoms with Crippen LogP contribution in [0.25, 0.3) is 0 Å². The molecule has 2 aromatic carbocycles. The van der Waals surface area contributed by atoms with Crippen LogP contribution in [0.1, 0.15) is 16.8 Å². The van der Waals surface area contributed by atoms with E-state index >= 15 is 0 Å². The summed E-state index contributed by atoms with van der Waals surface area (Å²) >= 11 is 0. The number of amides is 3. The molecule has 0 unspecified atom stereocenters. The molecule has 134 valence electrons. The van der Waals surface area contributed by atoms with E-state index in [-0.39, 0.29) is 24.4 Å². The SMILES string of the molecule is O=C(NNC(=O)[C@H]1CC(=O)N(c2ccc(F)cc2)C1)c1ccccc1F. The quantitative estimate of drug-likeness (QED) is 0.820. The molecule has 1 atom stereocenters. The Labute approximate surface area is 147 Å². The van der Waals surface area contributed by atoms with Gasteiger partial charge >= 0.3 is 0 Å². The van der Waals surface area contributed by atoms with Crippen LogP contribution in [0.4, 0.5) is 14.5 Å². The smallest absolute Gasteiger partial charge is 0.272 e. The normalized spacial score (nSPS) is 16.5. The summed E-state index contributed by atoms with van der Waals surface area (Å²) in [4.78, 5) is 37.5. The molecule has 0 radical (unpaired) electrons. The Kier molecular flexibility index (Phi) is 4.92. The van der Waals surface area contributed by atoms with Crippen LogP contribution in [0, 0.1) is 17.6 Å². The summed E-state index contributed by atoms with van der Waals surface area (Å²) in [6.45, 7) is 0.103. The van der Waals surface area contributed by atoms with E-state index in [1.54, 1.807) is 0 Å². The molecule has 6 nitrogen and oxygen atoms in total. The summed E-state index contributed by atoms with van der Waals surface area (Å²) in [5.74, 6) is -3.46. The van der Waals surface area contributed by atoms with Gasteiger partial charge < -0.3 is 4.90 Å². The molecule has 1 saturated heterocycles. The number of anilines is 1. The second-order valence-corrected chi connectivity index (χ2v) is 5.81. The molecule has 3 rings (SSSR count). The van der Waals surface area contributed by atoms with E-state index in [9.17, 15) is 23.2 Å². The lowest BCUT2D eigenvalue weighted by atomic mass is 10.1. The van der Waals surface area contributed by atoms with E-state index in [2.05, 4.69) is 10.9 Å². The van der Waals surface area contributed by atoms with Crippen LogP contribution in [0.5, 0.6) is 0 Å². The van der Waals surface area contributed by atoms with Gasteiger partial charge in [0, 0.05) is 18.7 Å². The number of nitrogens with zero attached hydrogens (tertiary/aromatic N) is 1. The molecular formula is C18H15F2N3O3. The van der Waals surface area contributed by atoms with Gasteiger partial charge in [-0.3, -0.25) is 25.2 Å². The molecule has 0 aromatic heterocycles. The lowest BCUT2D eigenvalue weighted by Gasteiger charge is -2.16. The standard InChI is InChI=1S/C18H15F2N3O3/c19-12-5-7-13(8-6-12)23-10-11(9-16(23)24)17(25)21-22-18(26)14-3-1-2-4-15(14)20/h1-8,11H,9-10H2,(H,21,25)(H,22,26)/t11-/m0/s1. The first-order valence-corrected chi connectivity index (χ1v) is 7.86. The Balaban J connectivity index is 1.59. The molecule has 0 bridgehead atoms. The highest BCUT2D eigenvalue weighted by molar-refractivity contribution is 6.01. The Morgan fingerprint density at radius 3 is 2.38 bits per heavy atom. The zero-order valence-electron chi connectivity index (χ0n) is 13.5. The van der Waals surface area contributed by atoms with Crippen molar-refractivity contribution >= 4 is 23.4 Å². The first-order valence-electron chi connectivity index (χ1n) is 7.86. The van der Waals surface area contributed by atoms with Crippen LogP contribution in [0.2, 0.25) is 0 Å². The molecule has 2 aromatic rings. The predicted molar refractivity (Wildman–Crippen MR) is 88.9 cm³/mol. The predicted octanol–water partition coefficient (Wildman–Crippen LogP) is 1.78. The molecule has 3 amide bonds. The maximum absolute atomic E-state index is 13.5. The molecular weight excluding hydrogens is 344 g/mol. The van der Waals surface area contributed by atoms with E-state index < -0.39 is 29.4 Å². The van der Waals surface area contributed by atoms with E-state index in [1.165, 1.54) is 47.4 Å². The molecule has 1 aliphatic heterocycles. The van der Waals surface area contributed by atoms with E-state index in [1.807, 2.05) is 0 Å². The van der Waals surface area contributed by atoms with Gasteiger partial charge in [-0.15, -0.1) is 0 Å². The molecule has 2 N–H and O–H groups in total. The van der Waals surface area contributed by atoms with Gasteiger partial charge in [0.2, 0.25) is 11.8 Å². The molecule has 1 aliphatic rings. The van der Waals surface area contributed by atoms with Crippen LogP contribution in [-0.2, 0) is 9.59 Å². The van der Waals surface area contributed by atoms with Crippen molar-refractivity contribution in [2.75, 3.05) is 11.4 Å². The Bertz CT molecular complexity index is 855. The topological polar surface area (TPSA) is 78.5 Å². The van der Waals surface area contributed by atoms with Crippen LogP contribution in [0.15, 0.2) is 48.5 Å². The van der Waals surface area contributed by atoms with Gasteiger partial charge in [-0.25, -0.2) is 8.78 Å². The monoisotopic (exact) mass is 359 g/mol. The lowest BCUT2D eigenvalue weighted by molar-refractivity contribution is -0.126. The molecule has 0 aliphatic carbocycles.